The van der Waals surface area contributed by atoms with Crippen LogP contribution in [0.4, 0.5) is 5.69 Å². The van der Waals surface area contributed by atoms with Gasteiger partial charge in [-0.1, -0.05) is 29.3 Å². The Morgan fingerprint density at radius 2 is 2.00 bits per heavy atom. The van der Waals surface area contributed by atoms with E-state index in [1.54, 1.807) is 6.07 Å². The van der Waals surface area contributed by atoms with Gasteiger partial charge in [0.25, 0.3) is 5.91 Å². The Balaban J connectivity index is 1.96. The van der Waals surface area contributed by atoms with Gasteiger partial charge in [0, 0.05) is 0 Å². The highest BCUT2D eigenvalue weighted by Crippen LogP contribution is 2.19. The molecular weight excluding hydrogens is 288 g/mol. The lowest BCUT2D eigenvalue weighted by atomic mass is 10.1. The Labute approximate surface area is 129 Å². The number of nitrogens with zero attached hydrogens (tertiary/aromatic N) is 1. The van der Waals surface area contributed by atoms with Gasteiger partial charge in [0.2, 0.25) is 0 Å². The molecule has 0 aliphatic heterocycles. The maximum Gasteiger partial charge on any atom is 0.262 e. The van der Waals surface area contributed by atoms with Crippen LogP contribution >= 0.6 is 11.6 Å². The highest BCUT2D eigenvalue weighted by atomic mass is 35.5. The molecule has 0 bridgehead atoms. The van der Waals surface area contributed by atoms with E-state index >= 15 is 0 Å². The maximum atomic E-state index is 11.9. The predicted molar refractivity (Wildman–Crippen MR) is 84.0 cm³/mol. The third-order valence-electron chi connectivity index (χ3n) is 3.04. The summed E-state index contributed by atoms with van der Waals surface area (Å²) in [4.78, 5) is 15.8. The number of aromatic nitrogens is 1. The van der Waals surface area contributed by atoms with E-state index in [0.717, 1.165) is 16.7 Å². The molecule has 1 aromatic carbocycles. The van der Waals surface area contributed by atoms with Crippen molar-refractivity contribution in [3.8, 4) is 5.75 Å². The van der Waals surface area contributed by atoms with E-state index in [9.17, 15) is 4.79 Å². The normalized spacial score (nSPS) is 10.3. The molecule has 0 unspecified atom stereocenters. The largest absolute Gasteiger partial charge is 0.483 e. The number of aryl methyl sites for hydroxylation is 3. The van der Waals surface area contributed by atoms with Crippen LogP contribution in [-0.4, -0.2) is 17.5 Å². The molecule has 2 aromatic rings. The zero-order valence-corrected chi connectivity index (χ0v) is 13.0. The van der Waals surface area contributed by atoms with E-state index in [1.807, 2.05) is 39.0 Å². The van der Waals surface area contributed by atoms with Crippen LogP contribution in [0.1, 0.15) is 16.7 Å². The summed E-state index contributed by atoms with van der Waals surface area (Å²) in [5, 5.41) is 3.15. The van der Waals surface area contributed by atoms with Crippen molar-refractivity contribution in [1.82, 2.24) is 4.98 Å². The number of halogens is 1. The maximum absolute atomic E-state index is 11.9. The molecule has 2 rings (SSSR count). The number of carbonyl (C=O) groups excluding carboxylic acids is 1. The zero-order valence-electron chi connectivity index (χ0n) is 12.2. The monoisotopic (exact) mass is 304 g/mol. The zero-order chi connectivity index (χ0) is 15.4. The average Bonchev–Trinajstić information content (AvgIpc) is 2.41. The van der Waals surface area contributed by atoms with Gasteiger partial charge in [-0.05, 0) is 44.0 Å². The number of amides is 1. The number of anilines is 1. The van der Waals surface area contributed by atoms with Crippen molar-refractivity contribution in [2.75, 3.05) is 11.9 Å². The topological polar surface area (TPSA) is 51.2 Å². The van der Waals surface area contributed by atoms with Gasteiger partial charge in [0.1, 0.15) is 10.9 Å². The summed E-state index contributed by atoms with van der Waals surface area (Å²) in [6.07, 6.45) is 1.53. The molecule has 1 N–H and O–H groups in total. The number of hydrogen-bond acceptors (Lipinski definition) is 3. The van der Waals surface area contributed by atoms with Gasteiger partial charge in [-0.25, -0.2) is 4.98 Å². The fourth-order valence-electron chi connectivity index (χ4n) is 1.94. The lowest BCUT2D eigenvalue weighted by molar-refractivity contribution is -0.118. The molecule has 0 fully saturated rings. The lowest BCUT2D eigenvalue weighted by Gasteiger charge is -2.11. The molecule has 0 aliphatic carbocycles. The number of ether oxygens (including phenoxy) is 1. The van der Waals surface area contributed by atoms with Crippen LogP contribution in [0.5, 0.6) is 5.75 Å². The quantitative estimate of drug-likeness (QED) is 0.877. The Hall–Kier alpha value is -2.07. The number of pyridine rings is 1. The summed E-state index contributed by atoms with van der Waals surface area (Å²) in [5.41, 5.74) is 3.66. The Morgan fingerprint density at radius 1 is 1.24 bits per heavy atom. The molecule has 110 valence electrons. The fraction of sp³-hybridized carbons (Fsp3) is 0.250. The van der Waals surface area contributed by atoms with Crippen LogP contribution in [0, 0.1) is 20.8 Å². The van der Waals surface area contributed by atoms with Crippen LogP contribution in [0.25, 0.3) is 0 Å². The molecule has 5 heteroatoms. The van der Waals surface area contributed by atoms with E-state index in [0.29, 0.717) is 16.6 Å². The van der Waals surface area contributed by atoms with E-state index in [4.69, 9.17) is 16.3 Å². The van der Waals surface area contributed by atoms with Gasteiger partial charge in [-0.2, -0.15) is 0 Å². The van der Waals surface area contributed by atoms with Gasteiger partial charge >= 0.3 is 0 Å². The van der Waals surface area contributed by atoms with E-state index in [1.165, 1.54) is 6.20 Å². The van der Waals surface area contributed by atoms with E-state index < -0.39 is 0 Å². The summed E-state index contributed by atoms with van der Waals surface area (Å²) in [6, 6.07) is 7.53. The minimum absolute atomic E-state index is 0.0496. The predicted octanol–water partition coefficient (Wildman–Crippen LogP) is 3.68. The van der Waals surface area contributed by atoms with Crippen molar-refractivity contribution >= 4 is 23.2 Å². The second-order valence-electron chi connectivity index (χ2n) is 4.93. The Morgan fingerprint density at radius 3 is 2.67 bits per heavy atom. The van der Waals surface area contributed by atoms with Gasteiger partial charge in [0.15, 0.2) is 6.61 Å². The Bertz CT molecular complexity index is 671. The third kappa shape index (κ3) is 4.20. The van der Waals surface area contributed by atoms with Crippen LogP contribution < -0.4 is 10.1 Å². The summed E-state index contributed by atoms with van der Waals surface area (Å²) in [5.74, 6) is 0.476. The van der Waals surface area contributed by atoms with Crippen molar-refractivity contribution in [3.05, 3.63) is 52.3 Å². The number of carbonyl (C=O) groups is 1. The first-order valence-electron chi connectivity index (χ1n) is 6.58. The minimum atomic E-state index is -0.234. The first-order valence-corrected chi connectivity index (χ1v) is 6.95. The van der Waals surface area contributed by atoms with Gasteiger partial charge in [0.05, 0.1) is 11.9 Å². The molecule has 1 aromatic heterocycles. The van der Waals surface area contributed by atoms with Crippen molar-refractivity contribution in [2.45, 2.75) is 20.8 Å². The first-order chi connectivity index (χ1) is 9.95. The standard InChI is InChI=1S/C16H17ClN2O2/c1-10-4-5-14(12(3)6-10)21-9-16(20)19-13-8-18-15(17)7-11(13)2/h4-8H,9H2,1-3H3,(H,19,20). The van der Waals surface area contributed by atoms with Crippen molar-refractivity contribution in [3.63, 3.8) is 0 Å². The molecule has 0 saturated carbocycles. The molecule has 0 saturated heterocycles. The summed E-state index contributed by atoms with van der Waals surface area (Å²) >= 11 is 5.78. The summed E-state index contributed by atoms with van der Waals surface area (Å²) < 4.78 is 5.53. The molecule has 0 aliphatic rings. The lowest BCUT2D eigenvalue weighted by Crippen LogP contribution is -2.21. The van der Waals surface area contributed by atoms with Crippen LogP contribution in [0.2, 0.25) is 5.15 Å². The fourth-order valence-corrected chi connectivity index (χ4v) is 2.16. The first kappa shape index (κ1) is 15.3. The molecule has 21 heavy (non-hydrogen) atoms. The highest BCUT2D eigenvalue weighted by molar-refractivity contribution is 6.29. The second kappa shape index (κ2) is 6.59. The van der Waals surface area contributed by atoms with Crippen LogP contribution in [-0.2, 0) is 4.79 Å². The summed E-state index contributed by atoms with van der Waals surface area (Å²) in [6.45, 7) is 5.77. The molecule has 0 spiro atoms. The SMILES string of the molecule is Cc1ccc(OCC(=O)Nc2cnc(Cl)cc2C)c(C)c1. The van der Waals surface area contributed by atoms with Crippen molar-refractivity contribution in [1.29, 1.82) is 0 Å². The van der Waals surface area contributed by atoms with E-state index in [2.05, 4.69) is 10.3 Å². The van der Waals surface area contributed by atoms with Gasteiger partial charge < -0.3 is 10.1 Å². The van der Waals surface area contributed by atoms with Gasteiger partial charge in [-0.3, -0.25) is 4.79 Å². The number of hydrogen-bond donors (Lipinski definition) is 1. The molecule has 0 radical (unpaired) electrons. The van der Waals surface area contributed by atoms with Gasteiger partial charge in [-0.15, -0.1) is 0 Å². The Kier molecular flexibility index (Phi) is 4.81. The molecule has 0 atom stereocenters. The summed E-state index contributed by atoms with van der Waals surface area (Å²) in [7, 11) is 0. The average molecular weight is 305 g/mol. The van der Waals surface area contributed by atoms with Crippen LogP contribution in [0.15, 0.2) is 30.5 Å². The molecule has 1 heterocycles. The highest BCUT2D eigenvalue weighted by Gasteiger charge is 2.08. The number of benzene rings is 1. The molecule has 1 amide bonds. The van der Waals surface area contributed by atoms with Crippen molar-refractivity contribution < 1.29 is 9.53 Å². The third-order valence-corrected chi connectivity index (χ3v) is 3.25. The minimum Gasteiger partial charge on any atom is -0.483 e. The van der Waals surface area contributed by atoms with Crippen molar-refractivity contribution in [2.24, 2.45) is 0 Å². The second-order valence-corrected chi connectivity index (χ2v) is 5.31. The smallest absolute Gasteiger partial charge is 0.262 e. The molecule has 4 nitrogen and oxygen atoms in total. The number of nitrogens with one attached hydrogen (secondary N) is 1. The number of rotatable bonds is 4. The molecular formula is C16H17ClN2O2. The van der Waals surface area contributed by atoms with E-state index in [-0.39, 0.29) is 12.5 Å². The van der Waals surface area contributed by atoms with Crippen LogP contribution in [0.3, 0.4) is 0 Å².